The Hall–Kier alpha value is -0.160. The van der Waals surface area contributed by atoms with E-state index in [1.54, 1.807) is 13.8 Å². The lowest BCUT2D eigenvalue weighted by molar-refractivity contribution is 0.216. The minimum absolute atomic E-state index is 0.167. The van der Waals surface area contributed by atoms with E-state index in [2.05, 4.69) is 6.92 Å². The Morgan fingerprint density at radius 3 is 1.06 bits per heavy atom. The minimum atomic E-state index is -0.167. The molecule has 0 fully saturated rings. The summed E-state index contributed by atoms with van der Waals surface area (Å²) in [6.45, 7) is 12.3. The summed E-state index contributed by atoms with van der Waals surface area (Å²) in [6.07, 6.45) is 2.75. The van der Waals surface area contributed by atoms with Crippen LogP contribution in [0.25, 0.3) is 0 Å². The molecule has 0 spiro atoms. The smallest absolute Gasteiger partial charge is 0.0483 e. The van der Waals surface area contributed by atoms with Crippen LogP contribution in [0, 0.1) is 5.92 Å². The summed E-state index contributed by atoms with van der Waals surface area (Å²) < 4.78 is 0. The third-order valence-electron chi connectivity index (χ3n) is 1.10. The largest absolute Gasteiger partial charge is 0.396 e. The van der Waals surface area contributed by atoms with Crippen molar-refractivity contribution in [3.63, 3.8) is 0 Å². The van der Waals surface area contributed by atoms with Crippen LogP contribution in [-0.4, -0.2) is 46.4 Å². The first-order chi connectivity index (χ1) is 8.33. The summed E-state index contributed by atoms with van der Waals surface area (Å²) in [5, 5.41) is 32.1. The molecule has 0 aromatic heterocycles. The van der Waals surface area contributed by atoms with Crippen LogP contribution in [-0.2, 0) is 0 Å². The van der Waals surface area contributed by atoms with Crippen molar-refractivity contribution in [3.05, 3.63) is 0 Å². The number of aliphatic hydroxyl groups is 4. The van der Waals surface area contributed by atoms with Crippen LogP contribution in [0.4, 0.5) is 0 Å². The molecule has 0 aromatic carbocycles. The number of hydrogen-bond acceptors (Lipinski definition) is 4. The predicted molar refractivity (Wildman–Crippen MR) is 78.6 cm³/mol. The van der Waals surface area contributed by atoms with Crippen molar-refractivity contribution >= 4 is 0 Å². The van der Waals surface area contributed by atoms with E-state index in [1.807, 2.05) is 20.8 Å². The quantitative estimate of drug-likeness (QED) is 0.630. The first-order valence-electron chi connectivity index (χ1n) is 6.84. The number of hydrogen-bond donors (Lipinski definition) is 4. The Morgan fingerprint density at radius 2 is 1.06 bits per heavy atom. The first kappa shape index (κ1) is 26.4. The van der Waals surface area contributed by atoms with Gasteiger partial charge in [0.15, 0.2) is 0 Å². The normalized spacial score (nSPS) is 8.67. The molecule has 4 N–H and O–H groups in total. The molecule has 0 saturated heterocycles. The highest BCUT2D eigenvalue weighted by atomic mass is 16.3. The van der Waals surface area contributed by atoms with Crippen molar-refractivity contribution in [2.24, 2.45) is 5.92 Å². The van der Waals surface area contributed by atoms with E-state index in [4.69, 9.17) is 20.4 Å². The Kier molecular flexibility index (Phi) is 44.2. The van der Waals surface area contributed by atoms with E-state index in [1.165, 1.54) is 0 Å². The highest BCUT2D eigenvalue weighted by Gasteiger charge is 1.81. The third kappa shape index (κ3) is 149. The van der Waals surface area contributed by atoms with E-state index in [0.717, 1.165) is 19.3 Å². The Balaban J connectivity index is -0.0000000731. The zero-order valence-electron chi connectivity index (χ0n) is 13.2. The van der Waals surface area contributed by atoms with Gasteiger partial charge in [-0.1, -0.05) is 34.1 Å². The van der Waals surface area contributed by atoms with Gasteiger partial charge in [0.05, 0.1) is 0 Å². The fraction of sp³-hybridized carbons (Fsp3) is 1.00. The molecule has 4 nitrogen and oxygen atoms in total. The molecule has 0 saturated carbocycles. The fourth-order valence-electron chi connectivity index (χ4n) is 0.158. The van der Waals surface area contributed by atoms with Gasteiger partial charge >= 0.3 is 0 Å². The van der Waals surface area contributed by atoms with Crippen molar-refractivity contribution in [2.45, 2.75) is 66.9 Å². The summed E-state index contributed by atoms with van der Waals surface area (Å²) in [5.41, 5.74) is 0. The van der Waals surface area contributed by atoms with Crippen LogP contribution < -0.4 is 0 Å². The monoisotopic (exact) mass is 268 g/mol. The zero-order chi connectivity index (χ0) is 15.4. The van der Waals surface area contributed by atoms with E-state index in [9.17, 15) is 0 Å². The second kappa shape index (κ2) is 30.1. The molecular weight excluding hydrogens is 232 g/mol. The average Bonchev–Trinajstić information content (AvgIpc) is 2.30. The Morgan fingerprint density at radius 1 is 0.778 bits per heavy atom. The van der Waals surface area contributed by atoms with Gasteiger partial charge in [-0.3, -0.25) is 0 Å². The van der Waals surface area contributed by atoms with E-state index in [0.29, 0.717) is 25.7 Å². The summed E-state index contributed by atoms with van der Waals surface area (Å²) in [6, 6.07) is 0. The van der Waals surface area contributed by atoms with Gasteiger partial charge in [-0.25, -0.2) is 0 Å². The maximum absolute atomic E-state index is 8.14. The zero-order valence-corrected chi connectivity index (χ0v) is 13.2. The van der Waals surface area contributed by atoms with Crippen molar-refractivity contribution in [1.82, 2.24) is 0 Å². The third-order valence-corrected chi connectivity index (χ3v) is 1.10. The van der Waals surface area contributed by atoms with Crippen LogP contribution in [0.3, 0.4) is 0 Å². The molecule has 0 aromatic rings. The van der Waals surface area contributed by atoms with E-state index in [-0.39, 0.29) is 6.10 Å². The molecule has 0 atom stereocenters. The minimum Gasteiger partial charge on any atom is -0.396 e. The average molecular weight is 268 g/mol. The molecule has 0 amide bonds. The molecular formula is C14H36O4. The van der Waals surface area contributed by atoms with Gasteiger partial charge in [0, 0.05) is 25.9 Å². The first-order valence-corrected chi connectivity index (χ1v) is 6.84. The van der Waals surface area contributed by atoms with Crippen LogP contribution in [0.1, 0.15) is 60.8 Å². The SMILES string of the molecule is CC(C)CO.CC(C)O.CCCCO.CCCO. The summed E-state index contributed by atoms with van der Waals surface area (Å²) in [7, 11) is 0. The summed E-state index contributed by atoms with van der Waals surface area (Å²) in [4.78, 5) is 0. The van der Waals surface area contributed by atoms with Crippen LogP contribution in [0.15, 0.2) is 0 Å². The molecule has 0 bridgehead atoms. The molecule has 18 heavy (non-hydrogen) atoms. The lowest BCUT2D eigenvalue weighted by atomic mass is 10.2. The Labute approximate surface area is 114 Å². The summed E-state index contributed by atoms with van der Waals surface area (Å²) in [5.74, 6) is 0.440. The highest BCUT2D eigenvalue weighted by molar-refractivity contribution is 4.32. The van der Waals surface area contributed by atoms with Crippen LogP contribution in [0.5, 0.6) is 0 Å². The van der Waals surface area contributed by atoms with Gasteiger partial charge in [0.1, 0.15) is 0 Å². The van der Waals surface area contributed by atoms with Crippen molar-refractivity contribution in [3.8, 4) is 0 Å². The number of aliphatic hydroxyl groups excluding tert-OH is 4. The standard InChI is InChI=1S/2C4H10O.2C3H8O/c1-4(2)3-5;1-2-3-4-5;1-3(2)4;1-2-3-4/h4-5H,3H2,1-2H3;5H,2-4H2,1H3;3-4H,1-2H3;4H,2-3H2,1H3. The van der Waals surface area contributed by atoms with Gasteiger partial charge in [-0.15, -0.1) is 0 Å². The second-order valence-electron chi connectivity index (χ2n) is 4.47. The molecule has 0 rings (SSSR count). The van der Waals surface area contributed by atoms with Gasteiger partial charge in [0.2, 0.25) is 0 Å². The molecule has 4 heteroatoms. The number of rotatable bonds is 4. The van der Waals surface area contributed by atoms with Crippen molar-refractivity contribution in [2.75, 3.05) is 19.8 Å². The number of unbranched alkanes of at least 4 members (excludes halogenated alkanes) is 1. The molecule has 0 unspecified atom stereocenters. The van der Waals surface area contributed by atoms with Crippen LogP contribution >= 0.6 is 0 Å². The lowest BCUT2D eigenvalue weighted by Crippen LogP contribution is -1.90. The predicted octanol–water partition coefficient (Wildman–Crippen LogP) is 2.19. The maximum atomic E-state index is 8.14. The van der Waals surface area contributed by atoms with Crippen molar-refractivity contribution < 1.29 is 20.4 Å². The van der Waals surface area contributed by atoms with Crippen LogP contribution in [0.2, 0.25) is 0 Å². The molecule has 0 heterocycles. The molecule has 0 radical (unpaired) electrons. The van der Waals surface area contributed by atoms with Crippen molar-refractivity contribution in [1.29, 1.82) is 0 Å². The summed E-state index contributed by atoms with van der Waals surface area (Å²) >= 11 is 0. The fourth-order valence-corrected chi connectivity index (χ4v) is 0.158. The van der Waals surface area contributed by atoms with Gasteiger partial charge in [-0.2, -0.15) is 0 Å². The van der Waals surface area contributed by atoms with E-state index < -0.39 is 0 Å². The Bertz CT molecular complexity index is 89.0. The maximum Gasteiger partial charge on any atom is 0.0483 e. The topological polar surface area (TPSA) is 80.9 Å². The van der Waals surface area contributed by atoms with E-state index >= 15 is 0 Å². The van der Waals surface area contributed by atoms with Gasteiger partial charge < -0.3 is 20.4 Å². The van der Waals surface area contributed by atoms with Gasteiger partial charge in [-0.05, 0) is 32.6 Å². The highest BCUT2D eigenvalue weighted by Crippen LogP contribution is 1.83. The molecule has 0 aliphatic carbocycles. The van der Waals surface area contributed by atoms with Gasteiger partial charge in [0.25, 0.3) is 0 Å². The lowest BCUT2D eigenvalue weighted by Gasteiger charge is -1.90. The molecule has 0 aliphatic rings. The second-order valence-corrected chi connectivity index (χ2v) is 4.47. The molecule has 0 aliphatic heterocycles. The molecule has 116 valence electrons.